The van der Waals surface area contributed by atoms with Crippen molar-refractivity contribution >= 4 is 11.0 Å². The van der Waals surface area contributed by atoms with Crippen LogP contribution in [0.2, 0.25) is 0 Å². The van der Waals surface area contributed by atoms with Crippen molar-refractivity contribution in [2.24, 2.45) is 0 Å². The topological polar surface area (TPSA) is 77.0 Å². The summed E-state index contributed by atoms with van der Waals surface area (Å²) in [4.78, 5) is 0. The van der Waals surface area contributed by atoms with E-state index in [1.54, 1.807) is 0 Å². The van der Waals surface area contributed by atoms with Gasteiger partial charge in [0.2, 0.25) is 0 Å². The van der Waals surface area contributed by atoms with Crippen molar-refractivity contribution in [3.63, 3.8) is 0 Å². The number of aliphatic hydroxyl groups excluding tert-OH is 1. The van der Waals surface area contributed by atoms with Gasteiger partial charge >= 0.3 is 0 Å². The van der Waals surface area contributed by atoms with Crippen LogP contribution in [0.5, 0.6) is 0 Å². The molecule has 0 saturated carbocycles. The zero-order chi connectivity index (χ0) is 30.5. The number of rotatable bonds is 16. The van der Waals surface area contributed by atoms with Gasteiger partial charge in [0.15, 0.2) is 0 Å². The number of benzene rings is 4. The fourth-order valence-corrected chi connectivity index (χ4v) is 5.44. The van der Waals surface area contributed by atoms with Gasteiger partial charge in [-0.15, -0.1) is 0 Å². The summed E-state index contributed by atoms with van der Waals surface area (Å²) in [5.41, 5.74) is 3.84. The number of hydrogen-bond acceptors (Lipinski definition) is 5. The van der Waals surface area contributed by atoms with Gasteiger partial charge in [-0.1, -0.05) is 121 Å². The monoisotopic (exact) mass is 601 g/mol. The fraction of sp³-hybridized carbons (Fsp3) is 0.333. The van der Waals surface area contributed by atoms with Crippen LogP contribution in [0.1, 0.15) is 49.1 Å². The SMILES string of the molecule is CC(C)(C)[S@](=O)NC(c1ccccc1)[C@@H](OCc1ccccc1)[C@H](OCc1ccccc1)[C@H](O)COCc1ccccc1. The maximum absolute atomic E-state index is 13.5. The molecule has 0 amide bonds. The standard InChI is InChI=1S/C36H43NO5S/c1-36(2,3)43(39)37-33(31-22-14-7-15-23-31)35(42-26-30-20-12-6-13-21-30)34(41-25-29-18-10-5-11-19-29)32(38)27-40-24-28-16-8-4-9-17-28/h4-23,32-35,37-38H,24-27H2,1-3H3/t32-,33?,34-,35-,43+/m1/s1. The summed E-state index contributed by atoms with van der Waals surface area (Å²) >= 11 is 0. The lowest BCUT2D eigenvalue weighted by atomic mass is 9.95. The molecule has 1 unspecified atom stereocenters. The molecule has 2 N–H and O–H groups in total. The van der Waals surface area contributed by atoms with E-state index < -0.39 is 40.1 Å². The van der Waals surface area contributed by atoms with E-state index in [1.807, 2.05) is 142 Å². The summed E-state index contributed by atoms with van der Waals surface area (Å²) in [5.74, 6) is 0. The van der Waals surface area contributed by atoms with Gasteiger partial charge in [0.05, 0.1) is 48.2 Å². The van der Waals surface area contributed by atoms with Crippen molar-refractivity contribution in [1.29, 1.82) is 0 Å². The molecule has 4 aromatic carbocycles. The lowest BCUT2D eigenvalue weighted by Crippen LogP contribution is -2.51. The Balaban J connectivity index is 1.68. The smallest absolute Gasteiger partial charge is 0.114 e. The molecule has 0 aliphatic heterocycles. The van der Waals surface area contributed by atoms with Crippen molar-refractivity contribution in [3.05, 3.63) is 144 Å². The minimum atomic E-state index is -1.43. The average molecular weight is 602 g/mol. The van der Waals surface area contributed by atoms with E-state index in [9.17, 15) is 9.32 Å². The molecule has 0 bridgehead atoms. The Bertz CT molecular complexity index is 1350. The van der Waals surface area contributed by atoms with Crippen molar-refractivity contribution in [3.8, 4) is 0 Å². The second-order valence-electron chi connectivity index (χ2n) is 11.5. The van der Waals surface area contributed by atoms with E-state index in [-0.39, 0.29) is 19.8 Å². The quantitative estimate of drug-likeness (QED) is 0.153. The molecule has 0 spiro atoms. The van der Waals surface area contributed by atoms with Gasteiger partial charge in [-0.2, -0.15) is 0 Å². The minimum Gasteiger partial charge on any atom is -0.388 e. The van der Waals surface area contributed by atoms with Gasteiger partial charge < -0.3 is 19.3 Å². The van der Waals surface area contributed by atoms with Crippen LogP contribution in [0.25, 0.3) is 0 Å². The summed E-state index contributed by atoms with van der Waals surface area (Å²) in [6, 6.07) is 38.8. The molecule has 0 heterocycles. The molecule has 5 atom stereocenters. The van der Waals surface area contributed by atoms with Crippen LogP contribution in [-0.4, -0.2) is 39.0 Å². The first-order valence-electron chi connectivity index (χ1n) is 14.6. The van der Waals surface area contributed by atoms with Crippen LogP contribution in [0.3, 0.4) is 0 Å². The molecular weight excluding hydrogens is 558 g/mol. The molecule has 4 aromatic rings. The van der Waals surface area contributed by atoms with Gasteiger partial charge in [0.25, 0.3) is 0 Å². The second-order valence-corrected chi connectivity index (χ2v) is 13.5. The summed E-state index contributed by atoms with van der Waals surface area (Å²) in [6.07, 6.45) is -2.59. The molecular formula is C36H43NO5S. The number of aliphatic hydroxyl groups is 1. The zero-order valence-electron chi connectivity index (χ0n) is 25.2. The molecule has 43 heavy (non-hydrogen) atoms. The Morgan fingerprint density at radius 2 is 1.07 bits per heavy atom. The van der Waals surface area contributed by atoms with Crippen LogP contribution in [0, 0.1) is 0 Å². The fourth-order valence-electron chi connectivity index (χ4n) is 4.58. The highest BCUT2D eigenvalue weighted by Crippen LogP contribution is 2.29. The lowest BCUT2D eigenvalue weighted by Gasteiger charge is -2.37. The summed E-state index contributed by atoms with van der Waals surface area (Å²) in [5, 5.41) is 11.7. The highest BCUT2D eigenvalue weighted by atomic mass is 32.2. The van der Waals surface area contributed by atoms with Gasteiger partial charge in [-0.05, 0) is 43.0 Å². The van der Waals surface area contributed by atoms with E-state index in [4.69, 9.17) is 14.2 Å². The first kappa shape index (κ1) is 32.7. The van der Waals surface area contributed by atoms with Crippen LogP contribution in [0.4, 0.5) is 0 Å². The maximum atomic E-state index is 13.5. The molecule has 7 heteroatoms. The van der Waals surface area contributed by atoms with Crippen molar-refractivity contribution < 1.29 is 23.5 Å². The van der Waals surface area contributed by atoms with E-state index >= 15 is 0 Å². The molecule has 0 aliphatic carbocycles. The minimum absolute atomic E-state index is 0.0312. The van der Waals surface area contributed by atoms with Crippen LogP contribution in [0.15, 0.2) is 121 Å². The zero-order valence-corrected chi connectivity index (χ0v) is 26.0. The van der Waals surface area contributed by atoms with Gasteiger partial charge in [-0.25, -0.2) is 8.93 Å². The molecule has 6 nitrogen and oxygen atoms in total. The summed E-state index contributed by atoms with van der Waals surface area (Å²) < 4.78 is 35.5. The molecule has 0 saturated heterocycles. The highest BCUT2D eigenvalue weighted by Gasteiger charge is 2.39. The van der Waals surface area contributed by atoms with E-state index in [0.717, 1.165) is 22.3 Å². The molecule has 0 fully saturated rings. The van der Waals surface area contributed by atoms with Gasteiger partial charge in [0, 0.05) is 0 Å². The van der Waals surface area contributed by atoms with Gasteiger partial charge in [-0.3, -0.25) is 0 Å². The number of ether oxygens (including phenoxy) is 3. The Morgan fingerprint density at radius 3 is 1.53 bits per heavy atom. The van der Waals surface area contributed by atoms with Crippen LogP contribution in [-0.2, 0) is 45.0 Å². The largest absolute Gasteiger partial charge is 0.388 e. The lowest BCUT2D eigenvalue weighted by molar-refractivity contribution is -0.155. The molecule has 4 rings (SSSR count). The van der Waals surface area contributed by atoms with Crippen LogP contribution >= 0.6 is 0 Å². The van der Waals surface area contributed by atoms with Crippen molar-refractivity contribution in [1.82, 2.24) is 4.72 Å². The Kier molecular flexibility index (Phi) is 12.7. The predicted octanol–water partition coefficient (Wildman–Crippen LogP) is 6.53. The first-order chi connectivity index (χ1) is 20.8. The second kappa shape index (κ2) is 16.6. The Labute approximate surface area is 258 Å². The van der Waals surface area contributed by atoms with Crippen molar-refractivity contribution in [2.75, 3.05) is 6.61 Å². The van der Waals surface area contributed by atoms with Crippen LogP contribution < -0.4 is 4.72 Å². The maximum Gasteiger partial charge on any atom is 0.114 e. The first-order valence-corrected chi connectivity index (χ1v) is 15.8. The summed E-state index contributed by atoms with van der Waals surface area (Å²) in [6.45, 7) is 6.70. The number of hydrogen-bond donors (Lipinski definition) is 2. The third-order valence-electron chi connectivity index (χ3n) is 6.95. The molecule has 0 aliphatic rings. The third kappa shape index (κ3) is 10.5. The molecule has 0 aromatic heterocycles. The Hall–Kier alpha value is -3.17. The molecule has 0 radical (unpaired) electrons. The Morgan fingerprint density at radius 1 is 0.651 bits per heavy atom. The van der Waals surface area contributed by atoms with E-state index in [0.29, 0.717) is 6.61 Å². The van der Waals surface area contributed by atoms with Crippen molar-refractivity contribution in [2.45, 2.75) is 69.7 Å². The van der Waals surface area contributed by atoms with Gasteiger partial charge in [0.1, 0.15) is 18.3 Å². The average Bonchev–Trinajstić information content (AvgIpc) is 3.03. The summed E-state index contributed by atoms with van der Waals surface area (Å²) in [7, 11) is -1.43. The number of nitrogens with one attached hydrogen (secondary N) is 1. The normalized spacial score (nSPS) is 15.3. The van der Waals surface area contributed by atoms with E-state index in [2.05, 4.69) is 4.72 Å². The highest BCUT2D eigenvalue weighted by molar-refractivity contribution is 7.84. The van der Waals surface area contributed by atoms with E-state index in [1.165, 1.54) is 0 Å². The third-order valence-corrected chi connectivity index (χ3v) is 8.53. The predicted molar refractivity (Wildman–Crippen MR) is 172 cm³/mol. The molecule has 228 valence electrons.